The molecule has 94 valence electrons. The lowest BCUT2D eigenvalue weighted by molar-refractivity contribution is -0.0541. The summed E-state index contributed by atoms with van der Waals surface area (Å²) in [6.45, 7) is -0.411. The standard InChI is InChI=1S/C9H12N2O5S/c12-3-4-6(14)7(15)8(16-4)11-2-1-5(13)10-9(11)17/h1-2,4,6-8,12,14-15H,3H2,(H,10,13,17)/t4-,6+,7+,8-/m1/s1. The van der Waals surface area contributed by atoms with E-state index in [1.165, 1.54) is 16.8 Å². The minimum Gasteiger partial charge on any atom is -0.394 e. The zero-order chi connectivity index (χ0) is 12.6. The lowest BCUT2D eigenvalue weighted by Gasteiger charge is -2.17. The van der Waals surface area contributed by atoms with Crippen molar-refractivity contribution < 1.29 is 20.1 Å². The topological polar surface area (TPSA) is 108 Å². The van der Waals surface area contributed by atoms with Crippen molar-refractivity contribution in [2.45, 2.75) is 24.5 Å². The van der Waals surface area contributed by atoms with Crippen molar-refractivity contribution in [1.29, 1.82) is 0 Å². The van der Waals surface area contributed by atoms with Crippen LogP contribution in [0.1, 0.15) is 6.23 Å². The Balaban J connectivity index is 2.35. The molecule has 2 heterocycles. The van der Waals surface area contributed by atoms with Gasteiger partial charge in [-0.25, -0.2) is 0 Å². The van der Waals surface area contributed by atoms with E-state index in [0.717, 1.165) is 0 Å². The average Bonchev–Trinajstić information content (AvgIpc) is 2.57. The van der Waals surface area contributed by atoms with Gasteiger partial charge in [-0.3, -0.25) is 14.3 Å². The zero-order valence-electron chi connectivity index (χ0n) is 8.68. The molecule has 0 saturated carbocycles. The number of H-pyrrole nitrogens is 1. The second kappa shape index (κ2) is 4.67. The van der Waals surface area contributed by atoms with E-state index in [1.54, 1.807) is 0 Å². The van der Waals surface area contributed by atoms with Crippen molar-refractivity contribution in [2.75, 3.05) is 6.61 Å². The number of aliphatic hydroxyl groups excluding tert-OH is 3. The second-order valence-corrected chi connectivity index (χ2v) is 4.13. The maximum absolute atomic E-state index is 11.0. The van der Waals surface area contributed by atoms with Crippen LogP contribution in [0.2, 0.25) is 0 Å². The fourth-order valence-electron chi connectivity index (χ4n) is 1.74. The summed E-state index contributed by atoms with van der Waals surface area (Å²) < 4.78 is 6.66. The highest BCUT2D eigenvalue weighted by Crippen LogP contribution is 2.28. The van der Waals surface area contributed by atoms with Crippen LogP contribution in [-0.4, -0.2) is 49.8 Å². The van der Waals surface area contributed by atoms with Gasteiger partial charge in [0.05, 0.1) is 6.61 Å². The quantitative estimate of drug-likeness (QED) is 0.483. The first-order chi connectivity index (χ1) is 8.04. The Morgan fingerprint density at radius 1 is 1.47 bits per heavy atom. The zero-order valence-corrected chi connectivity index (χ0v) is 9.50. The van der Waals surface area contributed by atoms with E-state index in [9.17, 15) is 15.0 Å². The maximum atomic E-state index is 11.0. The number of nitrogens with one attached hydrogen (secondary N) is 1. The smallest absolute Gasteiger partial charge is 0.251 e. The molecule has 0 aromatic carbocycles. The molecule has 0 aliphatic carbocycles. The predicted octanol–water partition coefficient (Wildman–Crippen LogP) is -1.48. The normalized spacial score (nSPS) is 32.9. The van der Waals surface area contributed by atoms with Crippen LogP contribution in [0.5, 0.6) is 0 Å². The van der Waals surface area contributed by atoms with Gasteiger partial charge in [0.25, 0.3) is 5.56 Å². The molecule has 8 heteroatoms. The van der Waals surface area contributed by atoms with Crippen molar-refractivity contribution in [2.24, 2.45) is 0 Å². The molecule has 4 N–H and O–H groups in total. The van der Waals surface area contributed by atoms with Crippen LogP contribution in [0.4, 0.5) is 0 Å². The first kappa shape index (κ1) is 12.4. The predicted molar refractivity (Wildman–Crippen MR) is 58.9 cm³/mol. The van der Waals surface area contributed by atoms with Gasteiger partial charge in [-0.1, -0.05) is 0 Å². The first-order valence-electron chi connectivity index (χ1n) is 4.98. The highest BCUT2D eigenvalue weighted by Gasteiger charge is 2.43. The lowest BCUT2D eigenvalue weighted by atomic mass is 10.1. The van der Waals surface area contributed by atoms with Crippen LogP contribution in [0.25, 0.3) is 0 Å². The van der Waals surface area contributed by atoms with Gasteiger partial charge in [0.15, 0.2) is 11.0 Å². The third-order valence-electron chi connectivity index (χ3n) is 2.64. The number of aliphatic hydroxyl groups is 3. The van der Waals surface area contributed by atoms with E-state index in [2.05, 4.69) is 4.98 Å². The molecule has 0 amide bonds. The minimum atomic E-state index is -1.22. The van der Waals surface area contributed by atoms with Crippen LogP contribution < -0.4 is 5.56 Å². The van der Waals surface area contributed by atoms with Gasteiger partial charge in [0.1, 0.15) is 18.3 Å². The summed E-state index contributed by atoms with van der Waals surface area (Å²) in [5.41, 5.74) is -0.363. The van der Waals surface area contributed by atoms with Crippen LogP contribution in [0.3, 0.4) is 0 Å². The number of nitrogens with zero attached hydrogens (tertiary/aromatic N) is 1. The van der Waals surface area contributed by atoms with E-state index in [-0.39, 0.29) is 10.3 Å². The van der Waals surface area contributed by atoms with Gasteiger partial charge >= 0.3 is 0 Å². The summed E-state index contributed by atoms with van der Waals surface area (Å²) in [5.74, 6) is 0. The van der Waals surface area contributed by atoms with Gasteiger partial charge < -0.3 is 20.1 Å². The summed E-state index contributed by atoms with van der Waals surface area (Å²) in [4.78, 5) is 13.4. The van der Waals surface area contributed by atoms with Crippen molar-refractivity contribution >= 4 is 12.2 Å². The molecule has 0 unspecified atom stereocenters. The largest absolute Gasteiger partial charge is 0.394 e. The van der Waals surface area contributed by atoms with Crippen molar-refractivity contribution in [3.63, 3.8) is 0 Å². The molecule has 7 nitrogen and oxygen atoms in total. The Labute approximate surface area is 101 Å². The highest BCUT2D eigenvalue weighted by atomic mass is 32.1. The number of rotatable bonds is 2. The molecule has 4 atom stereocenters. The SMILES string of the molecule is O=c1ccn([C@@H]2O[C@H](CO)[C@H](O)[C@@H]2O)c(=S)[nH]1. The molecular weight excluding hydrogens is 248 g/mol. The van der Waals surface area contributed by atoms with Gasteiger partial charge in [0.2, 0.25) is 0 Å². The van der Waals surface area contributed by atoms with Crippen LogP contribution in [0, 0.1) is 4.77 Å². The fourth-order valence-corrected chi connectivity index (χ4v) is 2.00. The van der Waals surface area contributed by atoms with Crippen molar-refractivity contribution in [1.82, 2.24) is 9.55 Å². The van der Waals surface area contributed by atoms with Crippen LogP contribution in [-0.2, 0) is 4.74 Å². The number of ether oxygens (including phenoxy) is 1. The maximum Gasteiger partial charge on any atom is 0.251 e. The average molecular weight is 260 g/mol. The Hall–Kier alpha value is -1.06. The molecule has 0 spiro atoms. The Kier molecular flexibility index (Phi) is 3.40. The molecule has 17 heavy (non-hydrogen) atoms. The summed E-state index contributed by atoms with van der Waals surface area (Å²) in [6, 6.07) is 1.23. The number of aromatic amines is 1. The van der Waals surface area contributed by atoms with Gasteiger partial charge in [0, 0.05) is 12.3 Å². The Bertz CT molecular complexity index is 513. The third-order valence-corrected chi connectivity index (χ3v) is 2.96. The second-order valence-electron chi connectivity index (χ2n) is 3.75. The minimum absolute atomic E-state index is 0.0762. The number of aromatic nitrogens is 2. The molecule has 2 rings (SSSR count). The molecular formula is C9H12N2O5S. The van der Waals surface area contributed by atoms with E-state index >= 15 is 0 Å². The molecule has 1 aromatic heterocycles. The monoisotopic (exact) mass is 260 g/mol. The molecule has 0 bridgehead atoms. The first-order valence-corrected chi connectivity index (χ1v) is 5.39. The Morgan fingerprint density at radius 2 is 2.18 bits per heavy atom. The molecule has 1 aromatic rings. The summed E-state index contributed by atoms with van der Waals surface area (Å²) in [5, 5.41) is 28.3. The van der Waals surface area contributed by atoms with Gasteiger partial charge in [-0.05, 0) is 12.2 Å². The van der Waals surface area contributed by atoms with Crippen LogP contribution in [0.15, 0.2) is 17.1 Å². The summed E-state index contributed by atoms with van der Waals surface area (Å²) in [6.07, 6.45) is -2.85. The molecule has 1 fully saturated rings. The van der Waals surface area contributed by atoms with E-state index in [4.69, 9.17) is 22.1 Å². The van der Waals surface area contributed by atoms with E-state index in [0.29, 0.717) is 0 Å². The molecule has 1 saturated heterocycles. The highest BCUT2D eigenvalue weighted by molar-refractivity contribution is 7.71. The fraction of sp³-hybridized carbons (Fsp3) is 0.556. The molecule has 1 aliphatic heterocycles. The summed E-state index contributed by atoms with van der Waals surface area (Å²) >= 11 is 4.91. The van der Waals surface area contributed by atoms with Crippen LogP contribution >= 0.6 is 12.2 Å². The Morgan fingerprint density at radius 3 is 2.71 bits per heavy atom. The van der Waals surface area contributed by atoms with E-state index < -0.39 is 31.1 Å². The number of hydrogen-bond donors (Lipinski definition) is 4. The molecule has 1 aliphatic rings. The third kappa shape index (κ3) is 2.17. The summed E-state index contributed by atoms with van der Waals surface area (Å²) in [7, 11) is 0. The van der Waals surface area contributed by atoms with Crippen molar-refractivity contribution in [3.8, 4) is 0 Å². The molecule has 0 radical (unpaired) electrons. The van der Waals surface area contributed by atoms with Gasteiger partial charge in [-0.15, -0.1) is 0 Å². The van der Waals surface area contributed by atoms with Crippen molar-refractivity contribution in [3.05, 3.63) is 27.4 Å². The lowest BCUT2D eigenvalue weighted by Crippen LogP contribution is -2.33. The van der Waals surface area contributed by atoms with Gasteiger partial charge in [-0.2, -0.15) is 0 Å². The van der Waals surface area contributed by atoms with E-state index in [1.807, 2.05) is 0 Å². The number of hydrogen-bond acceptors (Lipinski definition) is 6.